The molecule has 0 radical (unpaired) electrons. The third-order valence-corrected chi connectivity index (χ3v) is 2.12. The highest BCUT2D eigenvalue weighted by Gasteiger charge is 2.25. The zero-order chi connectivity index (χ0) is 14.3. The molecule has 0 aromatic rings. The molecule has 0 spiro atoms. The van der Waals surface area contributed by atoms with E-state index in [1.807, 2.05) is 13.8 Å². The second-order valence-corrected chi connectivity index (χ2v) is 5.61. The topological polar surface area (TPSA) is 87.7 Å². The molecular weight excluding hydrogens is 236 g/mol. The fraction of sp³-hybridized carbons (Fsp3) is 0.833. The number of hydroxylamine groups is 1. The van der Waals surface area contributed by atoms with E-state index in [4.69, 9.17) is 9.94 Å². The molecule has 0 saturated carbocycles. The Balaban J connectivity index is 4.19. The second-order valence-electron chi connectivity index (χ2n) is 5.61. The molecule has 0 aliphatic carbocycles. The molecule has 0 bridgehead atoms. The summed E-state index contributed by atoms with van der Waals surface area (Å²) in [6, 6.07) is 0. The number of rotatable bonds is 6. The van der Waals surface area contributed by atoms with Gasteiger partial charge in [0, 0.05) is 12.0 Å². The van der Waals surface area contributed by atoms with Gasteiger partial charge in [-0.2, -0.15) is 0 Å². The lowest BCUT2D eigenvalue weighted by Crippen LogP contribution is -2.46. The average Bonchev–Trinajstić information content (AvgIpc) is 2.25. The first-order valence-corrected chi connectivity index (χ1v) is 6.03. The van der Waals surface area contributed by atoms with Crippen molar-refractivity contribution >= 4 is 11.8 Å². The minimum absolute atomic E-state index is 0.303. The van der Waals surface area contributed by atoms with E-state index in [1.54, 1.807) is 20.8 Å². The summed E-state index contributed by atoms with van der Waals surface area (Å²) in [7, 11) is 0. The van der Waals surface area contributed by atoms with Crippen LogP contribution < -0.4 is 10.8 Å². The summed E-state index contributed by atoms with van der Waals surface area (Å²) < 4.78 is 0. The van der Waals surface area contributed by atoms with Crippen LogP contribution in [0, 0.1) is 11.3 Å². The third-order valence-electron chi connectivity index (χ3n) is 2.12. The van der Waals surface area contributed by atoms with Crippen LogP contribution in [0.3, 0.4) is 0 Å². The van der Waals surface area contributed by atoms with Crippen molar-refractivity contribution in [2.75, 3.05) is 13.2 Å². The van der Waals surface area contributed by atoms with Gasteiger partial charge in [-0.1, -0.05) is 34.6 Å². The van der Waals surface area contributed by atoms with Crippen molar-refractivity contribution in [3.63, 3.8) is 0 Å². The van der Waals surface area contributed by atoms with Gasteiger partial charge in [0.25, 0.3) is 5.91 Å². The number of aliphatic hydroxyl groups is 1. The first-order valence-electron chi connectivity index (χ1n) is 6.03. The van der Waals surface area contributed by atoms with Gasteiger partial charge in [-0.3, -0.25) is 14.4 Å². The van der Waals surface area contributed by atoms with Crippen molar-refractivity contribution in [3.05, 3.63) is 0 Å². The smallest absolute Gasteiger partial charge is 0.254 e. The summed E-state index contributed by atoms with van der Waals surface area (Å²) in [6.45, 7) is 9.07. The minimum Gasteiger partial charge on any atom is -0.393 e. The Bertz CT molecular complexity index is 284. The summed E-state index contributed by atoms with van der Waals surface area (Å²) in [4.78, 5) is 28.0. The molecule has 2 amide bonds. The number of carbonyl (C=O) groups excluding carboxylic acids is 2. The Morgan fingerprint density at radius 1 is 1.28 bits per heavy atom. The molecule has 0 unspecified atom stereocenters. The molecule has 0 rings (SSSR count). The Labute approximate surface area is 108 Å². The number of hydrogen-bond donors (Lipinski definition) is 3. The van der Waals surface area contributed by atoms with Crippen LogP contribution in [-0.2, 0) is 14.4 Å². The number of hydrogen-bond acceptors (Lipinski definition) is 4. The van der Waals surface area contributed by atoms with Crippen molar-refractivity contribution in [1.82, 2.24) is 10.8 Å². The van der Waals surface area contributed by atoms with E-state index in [9.17, 15) is 9.59 Å². The largest absolute Gasteiger partial charge is 0.393 e. The summed E-state index contributed by atoms with van der Waals surface area (Å²) in [5, 5.41) is 11.7. The maximum Gasteiger partial charge on any atom is 0.254 e. The minimum atomic E-state index is -1.09. The van der Waals surface area contributed by atoms with Crippen LogP contribution >= 0.6 is 0 Å². The highest BCUT2D eigenvalue weighted by Crippen LogP contribution is 2.12. The molecule has 6 heteroatoms. The molecule has 0 heterocycles. The monoisotopic (exact) mass is 260 g/mol. The molecule has 0 aromatic heterocycles. The summed E-state index contributed by atoms with van der Waals surface area (Å²) in [5.74, 6) is -0.490. The summed E-state index contributed by atoms with van der Waals surface area (Å²) in [5.41, 5.74) is 1.57. The summed E-state index contributed by atoms with van der Waals surface area (Å²) in [6.07, 6.45) is -1.09. The fourth-order valence-electron chi connectivity index (χ4n) is 0.870. The van der Waals surface area contributed by atoms with Crippen LogP contribution in [0.2, 0.25) is 0 Å². The number of aliphatic hydroxyl groups excluding tert-OH is 1. The van der Waals surface area contributed by atoms with Crippen LogP contribution in [0.5, 0.6) is 0 Å². The number of carbonyl (C=O) groups is 2. The van der Waals surface area contributed by atoms with Crippen molar-refractivity contribution in [2.45, 2.75) is 40.7 Å². The molecule has 0 aliphatic rings. The van der Waals surface area contributed by atoms with E-state index in [2.05, 4.69) is 10.8 Å². The zero-order valence-corrected chi connectivity index (χ0v) is 11.7. The Morgan fingerprint density at radius 2 is 1.83 bits per heavy atom. The first-order chi connectivity index (χ1) is 8.18. The predicted molar refractivity (Wildman–Crippen MR) is 67.4 cm³/mol. The maximum absolute atomic E-state index is 11.6. The Morgan fingerprint density at radius 3 is 2.22 bits per heavy atom. The van der Waals surface area contributed by atoms with Gasteiger partial charge in [0.15, 0.2) is 6.10 Å². The third kappa shape index (κ3) is 6.56. The van der Waals surface area contributed by atoms with Crippen LogP contribution in [0.4, 0.5) is 0 Å². The lowest BCUT2D eigenvalue weighted by atomic mass is 9.96. The van der Waals surface area contributed by atoms with E-state index in [-0.39, 0.29) is 5.91 Å². The zero-order valence-electron chi connectivity index (χ0n) is 11.7. The lowest BCUT2D eigenvalue weighted by molar-refractivity contribution is -0.156. The molecule has 3 N–H and O–H groups in total. The molecule has 1 atom stereocenters. The molecule has 0 fully saturated rings. The molecule has 0 aromatic carbocycles. The van der Waals surface area contributed by atoms with Gasteiger partial charge in [0.05, 0.1) is 6.61 Å². The van der Waals surface area contributed by atoms with E-state index < -0.39 is 24.0 Å². The van der Waals surface area contributed by atoms with Gasteiger partial charge in [-0.05, 0) is 5.92 Å². The number of amides is 2. The first kappa shape index (κ1) is 16.9. The van der Waals surface area contributed by atoms with Gasteiger partial charge < -0.3 is 10.4 Å². The molecular formula is C12H24N2O4. The normalized spacial score (nSPS) is 13.3. The Kier molecular flexibility index (Phi) is 6.86. The van der Waals surface area contributed by atoms with Gasteiger partial charge in [-0.25, -0.2) is 5.48 Å². The Hall–Kier alpha value is -1.14. The van der Waals surface area contributed by atoms with Gasteiger partial charge >= 0.3 is 0 Å². The molecule has 0 aliphatic heterocycles. The second kappa shape index (κ2) is 7.33. The van der Waals surface area contributed by atoms with Gasteiger partial charge in [-0.15, -0.1) is 0 Å². The van der Waals surface area contributed by atoms with Crippen molar-refractivity contribution in [1.29, 1.82) is 0 Å². The molecule has 18 heavy (non-hydrogen) atoms. The van der Waals surface area contributed by atoms with Gasteiger partial charge in [0.2, 0.25) is 5.91 Å². The van der Waals surface area contributed by atoms with Crippen LogP contribution in [0.1, 0.15) is 34.6 Å². The molecule has 0 saturated heterocycles. The van der Waals surface area contributed by atoms with Crippen molar-refractivity contribution < 1.29 is 19.5 Å². The van der Waals surface area contributed by atoms with Crippen molar-refractivity contribution in [3.8, 4) is 0 Å². The molecule has 6 nitrogen and oxygen atoms in total. The van der Waals surface area contributed by atoms with Crippen LogP contribution in [0.15, 0.2) is 0 Å². The van der Waals surface area contributed by atoms with E-state index in [0.717, 1.165) is 0 Å². The highest BCUT2D eigenvalue weighted by molar-refractivity contribution is 5.82. The molecule has 106 valence electrons. The maximum atomic E-state index is 11.6. The van der Waals surface area contributed by atoms with E-state index in [1.165, 1.54) is 0 Å². The van der Waals surface area contributed by atoms with E-state index >= 15 is 0 Å². The fourth-order valence-corrected chi connectivity index (χ4v) is 0.870. The summed E-state index contributed by atoms with van der Waals surface area (Å²) >= 11 is 0. The lowest BCUT2D eigenvalue weighted by Gasteiger charge is -2.20. The SMILES string of the molecule is CC(C)CNC(=O)[C@@H](CO)ONC(=O)C(C)(C)C. The number of nitrogens with one attached hydrogen (secondary N) is 2. The average molecular weight is 260 g/mol. The quantitative estimate of drug-likeness (QED) is 0.596. The van der Waals surface area contributed by atoms with E-state index in [0.29, 0.717) is 12.5 Å². The standard InChI is InChI=1S/C12H24N2O4/c1-8(2)6-13-10(16)9(7-15)18-14-11(17)12(3,4)5/h8-9,15H,6-7H2,1-5H3,(H,13,16)(H,14,17)/t9-/m1/s1. The van der Waals surface area contributed by atoms with Gasteiger partial charge in [0.1, 0.15) is 0 Å². The van der Waals surface area contributed by atoms with Crippen LogP contribution in [0.25, 0.3) is 0 Å². The highest BCUT2D eigenvalue weighted by atomic mass is 16.7. The van der Waals surface area contributed by atoms with Crippen LogP contribution in [-0.4, -0.2) is 36.2 Å². The van der Waals surface area contributed by atoms with Crippen molar-refractivity contribution in [2.24, 2.45) is 11.3 Å². The predicted octanol–water partition coefficient (Wildman–Crippen LogP) is 0.213.